The maximum Gasteiger partial charge on any atom is 0.169 e. The average molecular weight is 413 g/mol. The number of rotatable bonds is 2. The summed E-state index contributed by atoms with van der Waals surface area (Å²) >= 11 is 9.91. The normalized spacial score (nSPS) is 12.8. The highest BCUT2D eigenvalue weighted by Crippen LogP contribution is 2.34. The smallest absolute Gasteiger partial charge is 0.169 e. The predicted molar refractivity (Wildman–Crippen MR) is 71.3 cm³/mol. The van der Waals surface area contributed by atoms with E-state index in [9.17, 15) is 4.39 Å². The number of benzene rings is 1. The summed E-state index contributed by atoms with van der Waals surface area (Å²) in [5.41, 5.74) is 0.926. The first-order valence-electron chi connectivity index (χ1n) is 4.42. The summed E-state index contributed by atoms with van der Waals surface area (Å²) in [6.07, 6.45) is 0. The van der Waals surface area contributed by atoms with Gasteiger partial charge < -0.3 is 4.42 Å². The molecule has 0 aliphatic rings. The zero-order chi connectivity index (χ0) is 11.7. The number of furan rings is 1. The van der Waals surface area contributed by atoms with E-state index in [4.69, 9.17) is 4.42 Å². The lowest BCUT2D eigenvalue weighted by Gasteiger charge is -2.07. The molecule has 2 aromatic rings. The van der Waals surface area contributed by atoms with Gasteiger partial charge in [-0.05, 0) is 61.7 Å². The van der Waals surface area contributed by atoms with Gasteiger partial charge in [-0.1, -0.05) is 22.0 Å². The topological polar surface area (TPSA) is 13.1 Å². The van der Waals surface area contributed by atoms with E-state index in [1.165, 1.54) is 6.07 Å². The van der Waals surface area contributed by atoms with Crippen molar-refractivity contribution < 1.29 is 8.81 Å². The highest BCUT2D eigenvalue weighted by atomic mass is 79.9. The Balaban J connectivity index is 2.33. The Bertz CT molecular complexity index is 510. The third-order valence-corrected chi connectivity index (χ3v) is 4.09. The molecule has 0 fully saturated rings. The second-order valence-electron chi connectivity index (χ2n) is 3.18. The molecular weight excluding hydrogens is 407 g/mol. The average Bonchev–Trinajstić information content (AvgIpc) is 2.68. The molecule has 0 N–H and O–H groups in total. The summed E-state index contributed by atoms with van der Waals surface area (Å²) in [6.45, 7) is 0. The quantitative estimate of drug-likeness (QED) is 0.599. The summed E-state index contributed by atoms with van der Waals surface area (Å²) in [4.78, 5) is -0.0873. The van der Waals surface area contributed by atoms with E-state index in [0.29, 0.717) is 9.14 Å². The van der Waals surface area contributed by atoms with E-state index in [0.717, 1.165) is 11.3 Å². The van der Waals surface area contributed by atoms with Crippen LogP contribution >= 0.6 is 47.8 Å². The van der Waals surface area contributed by atoms with E-state index < -0.39 is 0 Å². The van der Waals surface area contributed by atoms with Crippen LogP contribution in [0.1, 0.15) is 16.2 Å². The molecular formula is C11H6Br3FO. The Labute approximate surface area is 117 Å². The van der Waals surface area contributed by atoms with E-state index in [-0.39, 0.29) is 10.6 Å². The van der Waals surface area contributed by atoms with Crippen LogP contribution in [0.15, 0.2) is 43.9 Å². The number of halogens is 4. The van der Waals surface area contributed by atoms with Crippen molar-refractivity contribution in [1.29, 1.82) is 0 Å². The van der Waals surface area contributed by atoms with Gasteiger partial charge in [-0.15, -0.1) is 0 Å². The largest absolute Gasteiger partial charge is 0.453 e. The van der Waals surface area contributed by atoms with Gasteiger partial charge >= 0.3 is 0 Å². The minimum absolute atomic E-state index is 0.0873. The molecule has 1 unspecified atom stereocenters. The molecule has 0 bridgehead atoms. The molecule has 0 spiro atoms. The molecule has 1 aromatic heterocycles. The van der Waals surface area contributed by atoms with Gasteiger partial charge in [0.05, 0.1) is 9.30 Å². The van der Waals surface area contributed by atoms with Crippen molar-refractivity contribution in [3.63, 3.8) is 0 Å². The van der Waals surface area contributed by atoms with Crippen LogP contribution in [-0.4, -0.2) is 0 Å². The molecule has 0 aliphatic heterocycles. The fraction of sp³-hybridized carbons (Fsp3) is 0.0909. The fourth-order valence-corrected chi connectivity index (χ4v) is 2.55. The summed E-state index contributed by atoms with van der Waals surface area (Å²) in [5.74, 6) is 0.495. The lowest BCUT2D eigenvalue weighted by molar-refractivity contribution is 0.497. The van der Waals surface area contributed by atoms with E-state index in [2.05, 4.69) is 47.8 Å². The van der Waals surface area contributed by atoms with E-state index in [1.807, 2.05) is 12.1 Å². The molecule has 0 saturated carbocycles. The summed E-state index contributed by atoms with van der Waals surface area (Å²) in [7, 11) is 0. The van der Waals surface area contributed by atoms with Crippen LogP contribution in [0.4, 0.5) is 4.39 Å². The van der Waals surface area contributed by atoms with Gasteiger partial charge in [0.15, 0.2) is 4.67 Å². The second-order valence-corrected chi connectivity index (χ2v) is 5.73. The van der Waals surface area contributed by atoms with E-state index >= 15 is 0 Å². The van der Waals surface area contributed by atoms with Crippen LogP contribution < -0.4 is 0 Å². The van der Waals surface area contributed by atoms with Crippen LogP contribution in [0.25, 0.3) is 0 Å². The van der Waals surface area contributed by atoms with Crippen LogP contribution in [0, 0.1) is 5.82 Å². The highest BCUT2D eigenvalue weighted by Gasteiger charge is 2.15. The standard InChI is InChI=1S/C11H6Br3FO/c12-7-5-6(1-2-8(7)15)11(14)9-3-4-10(13)16-9/h1-5,11H. The van der Waals surface area contributed by atoms with Gasteiger partial charge in [-0.2, -0.15) is 0 Å². The Morgan fingerprint density at radius 1 is 1.12 bits per heavy atom. The molecule has 84 valence electrons. The van der Waals surface area contributed by atoms with Gasteiger partial charge in [0.1, 0.15) is 11.6 Å². The first-order valence-corrected chi connectivity index (χ1v) is 6.92. The van der Waals surface area contributed by atoms with Crippen LogP contribution in [0.3, 0.4) is 0 Å². The Kier molecular flexibility index (Phi) is 3.87. The minimum atomic E-state index is -0.274. The molecule has 0 aliphatic carbocycles. The summed E-state index contributed by atoms with van der Waals surface area (Å²) in [5, 5.41) is 0. The molecule has 1 heterocycles. The maximum atomic E-state index is 13.1. The third kappa shape index (κ3) is 2.57. The van der Waals surface area contributed by atoms with Crippen molar-refractivity contribution in [3.8, 4) is 0 Å². The molecule has 16 heavy (non-hydrogen) atoms. The Hall–Kier alpha value is -0.130. The monoisotopic (exact) mass is 410 g/mol. The SMILES string of the molecule is Fc1ccc(C(Br)c2ccc(Br)o2)cc1Br. The summed E-state index contributed by atoms with van der Waals surface area (Å²) in [6, 6.07) is 8.55. The zero-order valence-electron chi connectivity index (χ0n) is 7.88. The summed E-state index contributed by atoms with van der Waals surface area (Å²) < 4.78 is 19.6. The van der Waals surface area contributed by atoms with Gasteiger partial charge in [-0.3, -0.25) is 0 Å². The highest BCUT2D eigenvalue weighted by molar-refractivity contribution is 9.10. The van der Waals surface area contributed by atoms with Crippen molar-refractivity contribution in [2.75, 3.05) is 0 Å². The van der Waals surface area contributed by atoms with Gasteiger partial charge in [0.25, 0.3) is 0 Å². The molecule has 1 atom stereocenters. The van der Waals surface area contributed by atoms with Gasteiger partial charge in [0, 0.05) is 0 Å². The second kappa shape index (κ2) is 5.02. The molecule has 2 rings (SSSR count). The van der Waals surface area contributed by atoms with Gasteiger partial charge in [0.2, 0.25) is 0 Å². The Morgan fingerprint density at radius 3 is 2.44 bits per heavy atom. The zero-order valence-corrected chi connectivity index (χ0v) is 12.6. The lowest BCUT2D eigenvalue weighted by atomic mass is 10.1. The number of alkyl halides is 1. The fourth-order valence-electron chi connectivity index (χ4n) is 1.30. The first kappa shape index (κ1) is 12.3. The molecule has 0 radical (unpaired) electrons. The molecule has 5 heteroatoms. The first-order chi connectivity index (χ1) is 7.58. The number of hydrogen-bond acceptors (Lipinski definition) is 1. The molecule has 1 aromatic carbocycles. The number of hydrogen-bond donors (Lipinski definition) is 0. The minimum Gasteiger partial charge on any atom is -0.453 e. The molecule has 1 nitrogen and oxygen atoms in total. The van der Waals surface area contributed by atoms with Crippen molar-refractivity contribution in [2.24, 2.45) is 0 Å². The van der Waals surface area contributed by atoms with Crippen molar-refractivity contribution in [2.45, 2.75) is 4.83 Å². The van der Waals surface area contributed by atoms with Crippen LogP contribution in [0.5, 0.6) is 0 Å². The van der Waals surface area contributed by atoms with E-state index in [1.54, 1.807) is 12.1 Å². The van der Waals surface area contributed by atoms with Gasteiger partial charge in [-0.25, -0.2) is 4.39 Å². The predicted octanol–water partition coefficient (Wildman–Crippen LogP) is 5.43. The molecule has 0 amide bonds. The third-order valence-electron chi connectivity index (χ3n) is 2.08. The van der Waals surface area contributed by atoms with Crippen molar-refractivity contribution in [1.82, 2.24) is 0 Å². The Morgan fingerprint density at radius 2 is 1.88 bits per heavy atom. The lowest BCUT2D eigenvalue weighted by Crippen LogP contribution is -1.91. The van der Waals surface area contributed by atoms with Crippen molar-refractivity contribution >= 4 is 47.8 Å². The molecule has 0 saturated heterocycles. The van der Waals surface area contributed by atoms with Crippen LogP contribution in [-0.2, 0) is 0 Å². The maximum absolute atomic E-state index is 13.1. The van der Waals surface area contributed by atoms with Crippen LogP contribution in [0.2, 0.25) is 0 Å². The van der Waals surface area contributed by atoms with Crippen molar-refractivity contribution in [3.05, 3.63) is 56.6 Å².